The summed E-state index contributed by atoms with van der Waals surface area (Å²) in [5.41, 5.74) is 2.56. The van der Waals surface area contributed by atoms with E-state index in [4.69, 9.17) is 5.11 Å². The van der Waals surface area contributed by atoms with Crippen molar-refractivity contribution in [2.75, 3.05) is 5.32 Å². The van der Waals surface area contributed by atoms with Gasteiger partial charge in [-0.15, -0.1) is 11.3 Å². The minimum atomic E-state index is -0.912. The summed E-state index contributed by atoms with van der Waals surface area (Å²) in [5, 5.41) is 12.2. The lowest BCUT2D eigenvalue weighted by Crippen LogP contribution is -2.02. The number of aryl methyl sites for hydroxylation is 2. The second-order valence-corrected chi connectivity index (χ2v) is 6.54. The van der Waals surface area contributed by atoms with E-state index in [1.165, 1.54) is 17.4 Å². The average molecular weight is 358 g/mol. The Morgan fingerprint density at radius 2 is 2.10 bits per heavy atom. The van der Waals surface area contributed by atoms with Crippen LogP contribution in [0.15, 0.2) is 22.7 Å². The highest BCUT2D eigenvalue weighted by Crippen LogP contribution is 2.26. The molecule has 2 N–H and O–H groups in total. The Bertz CT molecular complexity index is 669. The molecule has 0 aliphatic carbocycles. The van der Waals surface area contributed by atoms with Crippen molar-refractivity contribution in [1.82, 2.24) is 0 Å². The van der Waals surface area contributed by atoms with Crippen LogP contribution in [0.3, 0.4) is 0 Å². The first kappa shape index (κ1) is 15.0. The maximum Gasteiger partial charge on any atom is 0.345 e. The summed E-state index contributed by atoms with van der Waals surface area (Å²) in [7, 11) is 0. The van der Waals surface area contributed by atoms with Crippen molar-refractivity contribution in [3.8, 4) is 0 Å². The molecule has 106 valence electrons. The van der Waals surface area contributed by atoms with Gasteiger partial charge in [-0.25, -0.2) is 9.18 Å². The fraction of sp³-hybridized carbons (Fsp3) is 0.214. The van der Waals surface area contributed by atoms with Crippen molar-refractivity contribution in [1.29, 1.82) is 0 Å². The van der Waals surface area contributed by atoms with E-state index < -0.39 is 5.97 Å². The third-order valence-electron chi connectivity index (χ3n) is 2.97. The van der Waals surface area contributed by atoms with E-state index >= 15 is 0 Å². The van der Waals surface area contributed by atoms with Crippen LogP contribution in [0, 0.1) is 19.7 Å². The van der Waals surface area contributed by atoms with E-state index in [1.54, 1.807) is 12.1 Å². The number of hydrogen-bond donors (Lipinski definition) is 2. The summed E-state index contributed by atoms with van der Waals surface area (Å²) in [5.74, 6) is -1.21. The largest absolute Gasteiger partial charge is 0.477 e. The third-order valence-corrected chi connectivity index (χ3v) is 4.66. The maximum absolute atomic E-state index is 13.3. The smallest absolute Gasteiger partial charge is 0.345 e. The second-order valence-electron chi connectivity index (χ2n) is 4.43. The number of aromatic carboxylic acids is 1. The number of halogens is 2. The van der Waals surface area contributed by atoms with E-state index in [2.05, 4.69) is 21.2 Å². The fourth-order valence-corrected chi connectivity index (χ4v) is 3.05. The Labute approximate surface area is 128 Å². The number of carboxylic acid groups (broad SMARTS) is 1. The van der Waals surface area contributed by atoms with Gasteiger partial charge >= 0.3 is 5.97 Å². The van der Waals surface area contributed by atoms with Gasteiger partial charge in [-0.3, -0.25) is 0 Å². The van der Waals surface area contributed by atoms with E-state index in [1.807, 2.05) is 13.8 Å². The zero-order chi connectivity index (χ0) is 14.9. The normalized spacial score (nSPS) is 10.6. The first-order valence-corrected chi connectivity index (χ1v) is 7.51. The SMILES string of the molecule is Cc1cc(F)c(Br)cc1NCc1cc(C(=O)O)sc1C. The lowest BCUT2D eigenvalue weighted by Gasteiger charge is -2.10. The highest BCUT2D eigenvalue weighted by Gasteiger charge is 2.11. The van der Waals surface area contributed by atoms with Crippen molar-refractivity contribution in [2.45, 2.75) is 20.4 Å². The number of hydrogen-bond acceptors (Lipinski definition) is 3. The van der Waals surface area contributed by atoms with Crippen LogP contribution in [-0.4, -0.2) is 11.1 Å². The van der Waals surface area contributed by atoms with Gasteiger partial charge in [0.25, 0.3) is 0 Å². The van der Waals surface area contributed by atoms with Gasteiger partial charge in [-0.05, 0) is 59.1 Å². The summed E-state index contributed by atoms with van der Waals surface area (Å²) >= 11 is 4.41. The van der Waals surface area contributed by atoms with E-state index in [9.17, 15) is 9.18 Å². The zero-order valence-corrected chi connectivity index (χ0v) is 13.4. The van der Waals surface area contributed by atoms with Gasteiger partial charge in [-0.2, -0.15) is 0 Å². The van der Waals surface area contributed by atoms with Gasteiger partial charge < -0.3 is 10.4 Å². The molecule has 0 aliphatic rings. The molecule has 0 spiro atoms. The van der Waals surface area contributed by atoms with Crippen LogP contribution in [0.5, 0.6) is 0 Å². The lowest BCUT2D eigenvalue weighted by atomic mass is 10.2. The molecule has 0 fully saturated rings. The first-order valence-electron chi connectivity index (χ1n) is 5.90. The fourth-order valence-electron chi connectivity index (χ4n) is 1.83. The molecular formula is C14H13BrFNO2S. The summed E-state index contributed by atoms with van der Waals surface area (Å²) in [6.07, 6.45) is 0. The molecular weight excluding hydrogens is 345 g/mol. The molecule has 0 bridgehead atoms. The maximum atomic E-state index is 13.3. The van der Waals surface area contributed by atoms with Crippen LogP contribution in [0.25, 0.3) is 0 Å². The molecule has 3 nitrogen and oxygen atoms in total. The Kier molecular flexibility index (Phi) is 4.45. The molecule has 20 heavy (non-hydrogen) atoms. The standard InChI is InChI=1S/C14H13BrFNO2S/c1-7-3-11(16)10(15)5-12(7)17-6-9-4-13(14(18)19)20-8(9)2/h3-5,17H,6H2,1-2H3,(H,18,19). The monoisotopic (exact) mass is 357 g/mol. The van der Waals surface area contributed by atoms with E-state index in [0.717, 1.165) is 21.7 Å². The van der Waals surface area contributed by atoms with Gasteiger partial charge in [-0.1, -0.05) is 0 Å². The number of carboxylic acids is 1. The van der Waals surface area contributed by atoms with E-state index in [-0.39, 0.29) is 5.82 Å². The summed E-state index contributed by atoms with van der Waals surface area (Å²) < 4.78 is 13.7. The molecule has 0 aliphatic heterocycles. The Hall–Kier alpha value is -1.40. The molecule has 0 radical (unpaired) electrons. The van der Waals surface area contributed by atoms with Gasteiger partial charge in [0.1, 0.15) is 10.7 Å². The second kappa shape index (κ2) is 5.93. The number of benzene rings is 1. The zero-order valence-electron chi connectivity index (χ0n) is 11.0. The lowest BCUT2D eigenvalue weighted by molar-refractivity contribution is 0.0702. The van der Waals surface area contributed by atoms with Crippen LogP contribution in [0.1, 0.15) is 25.7 Å². The number of thiophene rings is 1. The molecule has 6 heteroatoms. The first-order chi connectivity index (χ1) is 9.38. The van der Waals surface area contributed by atoms with Crippen LogP contribution in [0.4, 0.5) is 10.1 Å². The van der Waals surface area contributed by atoms with Crippen LogP contribution in [0.2, 0.25) is 0 Å². The Morgan fingerprint density at radius 1 is 1.40 bits per heavy atom. The minimum absolute atomic E-state index is 0.298. The predicted octanol–water partition coefficient (Wildman–Crippen LogP) is 4.58. The number of anilines is 1. The Balaban J connectivity index is 2.17. The molecule has 0 saturated heterocycles. The van der Waals surface area contributed by atoms with Gasteiger partial charge in [0.05, 0.1) is 4.47 Å². The topological polar surface area (TPSA) is 49.3 Å². The quantitative estimate of drug-likeness (QED) is 0.841. The molecule has 0 atom stereocenters. The molecule has 1 heterocycles. The Morgan fingerprint density at radius 3 is 2.70 bits per heavy atom. The van der Waals surface area contributed by atoms with Gasteiger partial charge in [0, 0.05) is 17.1 Å². The molecule has 2 rings (SSSR count). The van der Waals surface area contributed by atoms with Crippen molar-refractivity contribution in [2.24, 2.45) is 0 Å². The highest BCUT2D eigenvalue weighted by atomic mass is 79.9. The third kappa shape index (κ3) is 3.19. The van der Waals surface area contributed by atoms with Crippen molar-refractivity contribution >= 4 is 38.9 Å². The van der Waals surface area contributed by atoms with Crippen molar-refractivity contribution in [3.63, 3.8) is 0 Å². The average Bonchev–Trinajstić information content (AvgIpc) is 2.74. The number of nitrogens with one attached hydrogen (secondary N) is 1. The highest BCUT2D eigenvalue weighted by molar-refractivity contribution is 9.10. The summed E-state index contributed by atoms with van der Waals surface area (Å²) in [6.45, 7) is 4.22. The minimum Gasteiger partial charge on any atom is -0.477 e. The summed E-state index contributed by atoms with van der Waals surface area (Å²) in [4.78, 5) is 12.2. The predicted molar refractivity (Wildman–Crippen MR) is 82.2 cm³/mol. The summed E-state index contributed by atoms with van der Waals surface area (Å²) in [6, 6.07) is 4.81. The molecule has 2 aromatic rings. The van der Waals surface area contributed by atoms with Crippen LogP contribution < -0.4 is 5.32 Å². The van der Waals surface area contributed by atoms with Crippen LogP contribution >= 0.6 is 27.3 Å². The molecule has 0 saturated carbocycles. The van der Waals surface area contributed by atoms with Gasteiger partial charge in [0.2, 0.25) is 0 Å². The van der Waals surface area contributed by atoms with Crippen molar-refractivity contribution < 1.29 is 14.3 Å². The number of carbonyl (C=O) groups is 1. The number of rotatable bonds is 4. The van der Waals surface area contributed by atoms with Crippen molar-refractivity contribution in [3.05, 3.63) is 49.4 Å². The molecule has 1 aromatic carbocycles. The molecule has 0 amide bonds. The van der Waals surface area contributed by atoms with Gasteiger partial charge in [0.15, 0.2) is 0 Å². The molecule has 0 unspecified atom stereocenters. The van der Waals surface area contributed by atoms with Crippen LogP contribution in [-0.2, 0) is 6.54 Å². The molecule has 1 aromatic heterocycles. The van der Waals surface area contributed by atoms with E-state index in [0.29, 0.717) is 15.9 Å².